The molecule has 0 saturated heterocycles. The number of nitrogens with zero attached hydrogens (tertiary/aromatic N) is 2. The molecule has 0 fully saturated rings. The molecule has 72 valence electrons. The number of aromatic nitrogens is 2. The van der Waals surface area contributed by atoms with Crippen LogP contribution in [0.5, 0.6) is 0 Å². The third-order valence-electron chi connectivity index (χ3n) is 1.91. The van der Waals surface area contributed by atoms with Gasteiger partial charge in [0.25, 0.3) is 0 Å². The van der Waals surface area contributed by atoms with Gasteiger partial charge in [-0.15, -0.1) is 11.3 Å². The van der Waals surface area contributed by atoms with Gasteiger partial charge < -0.3 is 5.11 Å². The molecule has 0 spiro atoms. The molecule has 1 unspecified atom stereocenters. The zero-order chi connectivity index (χ0) is 9.80. The average molecular weight is 206 g/mol. The van der Waals surface area contributed by atoms with E-state index in [1.54, 1.807) is 29.2 Å². The van der Waals surface area contributed by atoms with E-state index in [2.05, 4.69) is 9.97 Å². The van der Waals surface area contributed by atoms with Crippen molar-refractivity contribution in [1.82, 2.24) is 9.97 Å². The first-order chi connectivity index (χ1) is 6.86. The van der Waals surface area contributed by atoms with E-state index in [4.69, 9.17) is 0 Å². The molecule has 0 aliphatic carbocycles. The van der Waals surface area contributed by atoms with Crippen LogP contribution in [0.1, 0.15) is 16.7 Å². The van der Waals surface area contributed by atoms with E-state index in [1.165, 1.54) is 0 Å². The van der Waals surface area contributed by atoms with Gasteiger partial charge in [0.1, 0.15) is 6.10 Å². The third kappa shape index (κ3) is 2.16. The Labute approximate surface area is 86.1 Å². The van der Waals surface area contributed by atoms with Gasteiger partial charge in [0.15, 0.2) is 0 Å². The number of hydrogen-bond donors (Lipinski definition) is 1. The van der Waals surface area contributed by atoms with Crippen LogP contribution in [-0.4, -0.2) is 15.1 Å². The molecule has 4 heteroatoms. The van der Waals surface area contributed by atoms with Crippen molar-refractivity contribution >= 4 is 11.3 Å². The number of hydrogen-bond acceptors (Lipinski definition) is 4. The first-order valence-corrected chi connectivity index (χ1v) is 5.20. The molecule has 1 atom stereocenters. The highest BCUT2D eigenvalue weighted by Crippen LogP contribution is 2.17. The summed E-state index contributed by atoms with van der Waals surface area (Å²) in [4.78, 5) is 9.12. The first-order valence-electron chi connectivity index (χ1n) is 4.32. The van der Waals surface area contributed by atoms with Gasteiger partial charge in [-0.2, -0.15) is 0 Å². The number of aliphatic hydroxyl groups excluding tert-OH is 1. The molecule has 0 bridgehead atoms. The molecule has 0 saturated carbocycles. The molecular weight excluding hydrogens is 196 g/mol. The fourth-order valence-electron chi connectivity index (χ4n) is 1.21. The summed E-state index contributed by atoms with van der Waals surface area (Å²) in [5.41, 5.74) is 2.47. The Morgan fingerprint density at radius 2 is 2.36 bits per heavy atom. The van der Waals surface area contributed by atoms with Crippen LogP contribution >= 0.6 is 11.3 Å². The standard InChI is InChI=1S/C10H10N2OS/c13-10(5-8-6-11-7-14-8)9-3-1-2-4-12-9/h1-4,6-7,10,13H,5H2. The topological polar surface area (TPSA) is 46.0 Å². The van der Waals surface area contributed by atoms with Crippen LogP contribution in [0.2, 0.25) is 0 Å². The average Bonchev–Trinajstić information content (AvgIpc) is 2.72. The molecule has 0 aliphatic heterocycles. The fourth-order valence-corrected chi connectivity index (χ4v) is 1.84. The maximum absolute atomic E-state index is 9.81. The Hall–Kier alpha value is -1.26. The van der Waals surface area contributed by atoms with Crippen molar-refractivity contribution in [3.8, 4) is 0 Å². The molecule has 3 nitrogen and oxygen atoms in total. The summed E-state index contributed by atoms with van der Waals surface area (Å²) >= 11 is 1.55. The van der Waals surface area contributed by atoms with Gasteiger partial charge in [0, 0.05) is 23.7 Å². The zero-order valence-electron chi connectivity index (χ0n) is 7.50. The van der Waals surface area contributed by atoms with E-state index >= 15 is 0 Å². The van der Waals surface area contributed by atoms with Crippen molar-refractivity contribution in [2.45, 2.75) is 12.5 Å². The van der Waals surface area contributed by atoms with Gasteiger partial charge in [0.2, 0.25) is 0 Å². The predicted octanol–water partition coefficient (Wildman–Crippen LogP) is 1.81. The highest BCUT2D eigenvalue weighted by Gasteiger charge is 2.09. The molecule has 0 amide bonds. The van der Waals surface area contributed by atoms with Crippen molar-refractivity contribution in [2.24, 2.45) is 0 Å². The Bertz CT molecular complexity index is 374. The summed E-state index contributed by atoms with van der Waals surface area (Å²) in [6.45, 7) is 0. The maximum atomic E-state index is 9.81. The van der Waals surface area contributed by atoms with Crippen molar-refractivity contribution in [3.05, 3.63) is 46.7 Å². The number of pyridine rings is 1. The lowest BCUT2D eigenvalue weighted by Gasteiger charge is -2.07. The summed E-state index contributed by atoms with van der Waals surface area (Å²) in [7, 11) is 0. The minimum absolute atomic E-state index is 0.531. The van der Waals surface area contributed by atoms with E-state index in [9.17, 15) is 5.11 Å². The highest BCUT2D eigenvalue weighted by molar-refractivity contribution is 7.09. The van der Waals surface area contributed by atoms with E-state index < -0.39 is 6.10 Å². The summed E-state index contributed by atoms with van der Waals surface area (Å²) in [5, 5.41) is 9.81. The van der Waals surface area contributed by atoms with Crippen LogP contribution in [-0.2, 0) is 6.42 Å². The summed E-state index contributed by atoms with van der Waals surface area (Å²) in [6.07, 6.45) is 3.51. The Morgan fingerprint density at radius 3 is 3.00 bits per heavy atom. The smallest absolute Gasteiger partial charge is 0.101 e. The van der Waals surface area contributed by atoms with Crippen molar-refractivity contribution in [1.29, 1.82) is 0 Å². The van der Waals surface area contributed by atoms with Gasteiger partial charge in [-0.25, -0.2) is 0 Å². The highest BCUT2D eigenvalue weighted by atomic mass is 32.1. The van der Waals surface area contributed by atoms with Gasteiger partial charge in [-0.05, 0) is 12.1 Å². The number of aliphatic hydroxyl groups is 1. The maximum Gasteiger partial charge on any atom is 0.101 e. The number of rotatable bonds is 3. The van der Waals surface area contributed by atoms with E-state index in [0.717, 1.165) is 4.88 Å². The SMILES string of the molecule is OC(Cc1cncs1)c1ccccn1. The van der Waals surface area contributed by atoms with Crippen molar-refractivity contribution < 1.29 is 5.11 Å². The summed E-state index contributed by atoms with van der Waals surface area (Å²) in [5.74, 6) is 0. The molecule has 0 radical (unpaired) electrons. The molecule has 14 heavy (non-hydrogen) atoms. The third-order valence-corrected chi connectivity index (χ3v) is 2.71. The quantitative estimate of drug-likeness (QED) is 0.833. The van der Waals surface area contributed by atoms with Gasteiger partial charge in [-0.1, -0.05) is 6.07 Å². The lowest BCUT2D eigenvalue weighted by atomic mass is 10.1. The molecular formula is C10H10N2OS. The minimum Gasteiger partial charge on any atom is -0.386 e. The van der Waals surface area contributed by atoms with Crippen molar-refractivity contribution in [3.63, 3.8) is 0 Å². The molecule has 0 aliphatic rings. The van der Waals surface area contributed by atoms with E-state index in [0.29, 0.717) is 12.1 Å². The lowest BCUT2D eigenvalue weighted by Crippen LogP contribution is -2.02. The Balaban J connectivity index is 2.07. The second-order valence-corrected chi connectivity index (χ2v) is 3.91. The minimum atomic E-state index is -0.531. The number of thiazole rings is 1. The lowest BCUT2D eigenvalue weighted by molar-refractivity contribution is 0.174. The molecule has 0 aromatic carbocycles. The fraction of sp³-hybridized carbons (Fsp3) is 0.200. The van der Waals surface area contributed by atoms with E-state index in [-0.39, 0.29) is 0 Å². The van der Waals surface area contributed by atoms with Gasteiger partial charge in [0.05, 0.1) is 11.2 Å². The van der Waals surface area contributed by atoms with Gasteiger partial charge >= 0.3 is 0 Å². The van der Waals surface area contributed by atoms with Gasteiger partial charge in [-0.3, -0.25) is 9.97 Å². The Morgan fingerprint density at radius 1 is 1.43 bits per heavy atom. The Kier molecular flexibility index (Phi) is 2.86. The second-order valence-electron chi connectivity index (χ2n) is 2.94. The predicted molar refractivity (Wildman–Crippen MR) is 55.0 cm³/mol. The molecule has 2 aromatic rings. The zero-order valence-corrected chi connectivity index (χ0v) is 8.31. The first kappa shape index (κ1) is 9.30. The van der Waals surface area contributed by atoms with Crippen LogP contribution < -0.4 is 0 Å². The molecule has 2 heterocycles. The van der Waals surface area contributed by atoms with Crippen LogP contribution in [0.3, 0.4) is 0 Å². The monoisotopic (exact) mass is 206 g/mol. The molecule has 2 rings (SSSR count). The van der Waals surface area contributed by atoms with Crippen LogP contribution in [0, 0.1) is 0 Å². The normalized spacial score (nSPS) is 12.6. The second kappa shape index (κ2) is 4.30. The summed E-state index contributed by atoms with van der Waals surface area (Å²) in [6, 6.07) is 5.53. The molecule has 1 N–H and O–H groups in total. The van der Waals surface area contributed by atoms with Crippen LogP contribution in [0.25, 0.3) is 0 Å². The molecule has 2 aromatic heterocycles. The summed E-state index contributed by atoms with van der Waals surface area (Å²) < 4.78 is 0. The van der Waals surface area contributed by atoms with Crippen LogP contribution in [0.4, 0.5) is 0 Å². The van der Waals surface area contributed by atoms with Crippen LogP contribution in [0.15, 0.2) is 36.1 Å². The van der Waals surface area contributed by atoms with Crippen molar-refractivity contribution in [2.75, 3.05) is 0 Å². The largest absolute Gasteiger partial charge is 0.386 e. The van der Waals surface area contributed by atoms with E-state index in [1.807, 2.05) is 18.2 Å².